The average molecular weight is 439 g/mol. The molecule has 7 nitrogen and oxygen atoms in total. The first-order valence-corrected chi connectivity index (χ1v) is 11.1. The number of carbonyl (C=O) groups excluding carboxylic acids is 1. The van der Waals surface area contributed by atoms with Gasteiger partial charge in [-0.1, -0.05) is 25.1 Å². The maximum absolute atomic E-state index is 12.5. The molecule has 0 saturated heterocycles. The topological polar surface area (TPSA) is 98.5 Å². The standard InChI is InChI=1S/C26H26N6O/c1-3-27-10-11-28-26(33)18-7-5-17(6-8-18)24-16(2)4-9-21-25(24)20-12-22(19-13-30-31-14-19)29-15-23(20)32-21/h4-9,12-15,27,32H,3,10-11H2,1-2H3,(H,28,33)(H,30,31). The summed E-state index contributed by atoms with van der Waals surface area (Å²) in [7, 11) is 0. The van der Waals surface area contributed by atoms with Crippen molar-refractivity contribution in [1.29, 1.82) is 0 Å². The number of H-pyrrole nitrogens is 2. The Morgan fingerprint density at radius 1 is 1.00 bits per heavy atom. The summed E-state index contributed by atoms with van der Waals surface area (Å²) in [5, 5.41) is 15.3. The molecule has 1 amide bonds. The van der Waals surface area contributed by atoms with Crippen LogP contribution in [0.15, 0.2) is 61.1 Å². The number of hydrogen-bond acceptors (Lipinski definition) is 4. The Balaban J connectivity index is 1.55. The molecule has 4 N–H and O–H groups in total. The van der Waals surface area contributed by atoms with Crippen molar-refractivity contribution in [3.63, 3.8) is 0 Å². The second kappa shape index (κ2) is 8.88. The Morgan fingerprint density at radius 3 is 2.61 bits per heavy atom. The Hall–Kier alpha value is -3.97. The molecule has 0 aliphatic heterocycles. The van der Waals surface area contributed by atoms with Crippen molar-refractivity contribution in [2.24, 2.45) is 0 Å². The van der Waals surface area contributed by atoms with Crippen molar-refractivity contribution in [3.8, 4) is 22.4 Å². The third-order valence-corrected chi connectivity index (χ3v) is 5.92. The monoisotopic (exact) mass is 438 g/mol. The summed E-state index contributed by atoms with van der Waals surface area (Å²) in [6, 6.07) is 14.2. The van der Waals surface area contributed by atoms with Gasteiger partial charge in [0.2, 0.25) is 0 Å². The van der Waals surface area contributed by atoms with Crippen LogP contribution in [0, 0.1) is 6.92 Å². The molecular weight excluding hydrogens is 412 g/mol. The lowest BCUT2D eigenvalue weighted by molar-refractivity contribution is 0.0954. The average Bonchev–Trinajstić information content (AvgIpc) is 3.50. The van der Waals surface area contributed by atoms with Crippen molar-refractivity contribution in [1.82, 2.24) is 30.8 Å². The molecule has 0 aliphatic rings. The Labute approximate surface area is 191 Å². The fourth-order valence-corrected chi connectivity index (χ4v) is 4.25. The first-order chi connectivity index (χ1) is 16.2. The van der Waals surface area contributed by atoms with Crippen LogP contribution in [0.5, 0.6) is 0 Å². The summed E-state index contributed by atoms with van der Waals surface area (Å²) in [6.45, 7) is 6.43. The molecule has 5 rings (SSSR count). The molecule has 0 radical (unpaired) electrons. The highest BCUT2D eigenvalue weighted by molar-refractivity contribution is 6.15. The van der Waals surface area contributed by atoms with Gasteiger partial charge in [-0.25, -0.2) is 0 Å². The molecule has 2 aromatic carbocycles. The van der Waals surface area contributed by atoms with Crippen LogP contribution in [0.3, 0.4) is 0 Å². The molecule has 0 unspecified atom stereocenters. The van der Waals surface area contributed by atoms with E-state index in [0.717, 1.165) is 57.3 Å². The maximum atomic E-state index is 12.5. The van der Waals surface area contributed by atoms with Gasteiger partial charge >= 0.3 is 0 Å². The van der Waals surface area contributed by atoms with E-state index in [4.69, 9.17) is 0 Å². The van der Waals surface area contributed by atoms with Crippen molar-refractivity contribution in [2.75, 3.05) is 19.6 Å². The number of amides is 1. The number of aromatic nitrogens is 4. The molecule has 0 fully saturated rings. The molecule has 0 bridgehead atoms. The lowest BCUT2D eigenvalue weighted by Crippen LogP contribution is -2.31. The largest absolute Gasteiger partial charge is 0.353 e. The second-order valence-corrected chi connectivity index (χ2v) is 8.09. The molecule has 5 aromatic rings. The Kier molecular flexibility index (Phi) is 5.62. The zero-order chi connectivity index (χ0) is 22.8. The fraction of sp³-hybridized carbons (Fsp3) is 0.192. The number of nitrogens with zero attached hydrogens (tertiary/aromatic N) is 2. The van der Waals surface area contributed by atoms with Crippen LogP contribution >= 0.6 is 0 Å². The number of pyridine rings is 1. The van der Waals surface area contributed by atoms with Gasteiger partial charge in [0, 0.05) is 46.7 Å². The number of carbonyl (C=O) groups is 1. The molecule has 7 heteroatoms. The van der Waals surface area contributed by atoms with Gasteiger partial charge in [-0.15, -0.1) is 0 Å². The van der Waals surface area contributed by atoms with Crippen LogP contribution in [0.1, 0.15) is 22.8 Å². The van der Waals surface area contributed by atoms with E-state index in [1.54, 1.807) is 6.20 Å². The predicted octanol–water partition coefficient (Wildman–Crippen LogP) is 4.42. The van der Waals surface area contributed by atoms with Crippen molar-refractivity contribution in [2.45, 2.75) is 13.8 Å². The molecule has 166 valence electrons. The number of nitrogens with one attached hydrogen (secondary N) is 4. The minimum Gasteiger partial charge on any atom is -0.353 e. The normalized spacial score (nSPS) is 11.3. The minimum absolute atomic E-state index is 0.0580. The number of hydrogen-bond donors (Lipinski definition) is 4. The number of fused-ring (bicyclic) bond motifs is 3. The van der Waals surface area contributed by atoms with E-state index in [1.807, 2.05) is 43.6 Å². The van der Waals surface area contributed by atoms with Crippen LogP contribution in [0.4, 0.5) is 0 Å². The van der Waals surface area contributed by atoms with E-state index in [1.165, 1.54) is 5.56 Å². The highest BCUT2D eigenvalue weighted by atomic mass is 16.1. The number of benzene rings is 2. The third kappa shape index (κ3) is 3.99. The van der Waals surface area contributed by atoms with Crippen LogP contribution < -0.4 is 10.6 Å². The van der Waals surface area contributed by atoms with Gasteiger partial charge in [0.1, 0.15) is 0 Å². The fourth-order valence-electron chi connectivity index (χ4n) is 4.25. The van der Waals surface area contributed by atoms with Gasteiger partial charge in [-0.05, 0) is 54.4 Å². The zero-order valence-corrected chi connectivity index (χ0v) is 18.7. The van der Waals surface area contributed by atoms with Crippen LogP contribution in [-0.2, 0) is 0 Å². The number of aromatic amines is 2. The van der Waals surface area contributed by atoms with Gasteiger partial charge in [-0.3, -0.25) is 14.9 Å². The Bertz CT molecular complexity index is 1420. The second-order valence-electron chi connectivity index (χ2n) is 8.09. The number of aryl methyl sites for hydroxylation is 1. The van der Waals surface area contributed by atoms with Gasteiger partial charge in [0.05, 0.1) is 23.6 Å². The molecule has 0 spiro atoms. The lowest BCUT2D eigenvalue weighted by atomic mass is 9.94. The molecule has 3 heterocycles. The summed E-state index contributed by atoms with van der Waals surface area (Å²) in [5.74, 6) is -0.0580. The molecule has 33 heavy (non-hydrogen) atoms. The molecule has 0 saturated carbocycles. The minimum atomic E-state index is -0.0580. The van der Waals surface area contributed by atoms with Crippen molar-refractivity contribution >= 4 is 27.7 Å². The van der Waals surface area contributed by atoms with Gasteiger partial charge < -0.3 is 15.6 Å². The molecule has 3 aromatic heterocycles. The smallest absolute Gasteiger partial charge is 0.251 e. The van der Waals surface area contributed by atoms with E-state index in [-0.39, 0.29) is 5.91 Å². The summed E-state index contributed by atoms with van der Waals surface area (Å²) in [6.07, 6.45) is 5.49. The third-order valence-electron chi connectivity index (χ3n) is 5.92. The van der Waals surface area contributed by atoms with Crippen LogP contribution in [0.25, 0.3) is 44.2 Å². The summed E-state index contributed by atoms with van der Waals surface area (Å²) < 4.78 is 0. The first-order valence-electron chi connectivity index (χ1n) is 11.1. The first kappa shape index (κ1) is 20.9. The van der Waals surface area contributed by atoms with Gasteiger partial charge in [-0.2, -0.15) is 5.10 Å². The Morgan fingerprint density at radius 2 is 1.85 bits per heavy atom. The summed E-state index contributed by atoms with van der Waals surface area (Å²) >= 11 is 0. The van der Waals surface area contributed by atoms with Crippen LogP contribution in [0.2, 0.25) is 0 Å². The van der Waals surface area contributed by atoms with E-state index >= 15 is 0 Å². The summed E-state index contributed by atoms with van der Waals surface area (Å²) in [4.78, 5) is 20.6. The van der Waals surface area contributed by atoms with Crippen molar-refractivity contribution < 1.29 is 4.79 Å². The van der Waals surface area contributed by atoms with E-state index in [0.29, 0.717) is 12.1 Å². The highest BCUT2D eigenvalue weighted by Crippen LogP contribution is 2.37. The summed E-state index contributed by atoms with van der Waals surface area (Å²) in [5.41, 5.74) is 7.92. The predicted molar refractivity (Wildman–Crippen MR) is 132 cm³/mol. The van der Waals surface area contributed by atoms with Gasteiger partial charge in [0.25, 0.3) is 5.91 Å². The molecule has 0 atom stereocenters. The quantitative estimate of drug-likeness (QED) is 0.283. The number of likely N-dealkylation sites (N-methyl/N-ethyl adjacent to an activating group) is 1. The maximum Gasteiger partial charge on any atom is 0.251 e. The zero-order valence-electron chi connectivity index (χ0n) is 18.7. The molecule has 0 aliphatic carbocycles. The van der Waals surface area contributed by atoms with E-state index < -0.39 is 0 Å². The van der Waals surface area contributed by atoms with E-state index in [2.05, 4.69) is 55.9 Å². The lowest BCUT2D eigenvalue weighted by Gasteiger charge is -2.11. The van der Waals surface area contributed by atoms with Crippen molar-refractivity contribution in [3.05, 3.63) is 72.2 Å². The highest BCUT2D eigenvalue weighted by Gasteiger charge is 2.15. The van der Waals surface area contributed by atoms with E-state index in [9.17, 15) is 4.79 Å². The SMILES string of the molecule is CCNCCNC(=O)c1ccc(-c2c(C)ccc3[nH]c4cnc(-c5cn[nH]c5)cc4c23)cc1. The van der Waals surface area contributed by atoms with Gasteiger partial charge in [0.15, 0.2) is 0 Å². The molecular formula is C26H26N6O. The number of rotatable bonds is 7. The van der Waals surface area contributed by atoms with Crippen LogP contribution in [-0.4, -0.2) is 45.7 Å².